The molecule has 27 nitrogen and oxygen atoms in total. The molecule has 42 heteroatoms. The number of piperazine rings is 3. The Morgan fingerprint density at radius 3 is 0.899 bits per heavy atom. The number of fused-ring (bicyclic) bond motifs is 3. The molecule has 0 unspecified atom stereocenters. The van der Waals surface area contributed by atoms with Crippen molar-refractivity contribution in [1.82, 2.24) is 58.3 Å². The van der Waals surface area contributed by atoms with Gasteiger partial charge in [-0.25, -0.2) is 19.3 Å². The standard InChI is InChI=1S/2C32H28Cl5N7O2.C32H28Cl4FN7O2/c2*1-6-20(45)43-10-9-42(13-16(43)5)30-17-11-19(33)28(21-22(34)24(36)25(37)26(39)23(21)35)41-31(17)44(32(46)18(30)12-38)29-15(4)7-8-40-27(29)14(2)3;1-6-20(45)43-10-9-42(13-16(43)5)30-17-11-19(33)28(21-22(34)23(35)24(36)26(39)25(21)37)41-31(17)44(32(46)18(30)12-38)29-15(4)7-8-40-27(29)14(2)3/h3*6-8,11,14,16H,1,9-10,13,39H2,2-5H3/t3*16-/m111/s1. The summed E-state index contributed by atoms with van der Waals surface area (Å²) in [5.41, 5.74) is 22.3. The van der Waals surface area contributed by atoms with Crippen LogP contribution in [-0.4, -0.2) is 153 Å². The molecule has 9 aromatic heterocycles. The van der Waals surface area contributed by atoms with Gasteiger partial charge in [-0.2, -0.15) is 15.8 Å². The Morgan fingerprint density at radius 1 is 0.399 bits per heavy atom. The minimum absolute atomic E-state index is 0.0188. The molecule has 3 aliphatic heterocycles. The number of rotatable bonds is 15. The number of aryl methyl sites for hydroxylation is 3. The molecule has 15 rings (SSSR count). The lowest BCUT2D eigenvalue weighted by atomic mass is 10.0. The zero-order valence-corrected chi connectivity index (χ0v) is 86.4. The number of pyridine rings is 9. The van der Waals surface area contributed by atoms with Gasteiger partial charge in [-0.15, -0.1) is 0 Å². The molecule has 0 aliphatic carbocycles. The number of anilines is 6. The number of halogens is 15. The van der Waals surface area contributed by atoms with Crippen LogP contribution in [0.15, 0.2) is 107 Å². The Hall–Kier alpha value is -10.9. The van der Waals surface area contributed by atoms with Gasteiger partial charge in [0.2, 0.25) is 17.7 Å². The number of benzene rings is 3. The lowest BCUT2D eigenvalue weighted by Gasteiger charge is -2.41. The first-order valence-corrected chi connectivity index (χ1v) is 47.9. The van der Waals surface area contributed by atoms with E-state index in [0.717, 1.165) is 11.1 Å². The smallest absolute Gasteiger partial charge is 0.276 e. The molecule has 714 valence electrons. The highest BCUT2D eigenvalue weighted by Crippen LogP contribution is 2.54. The highest BCUT2D eigenvalue weighted by molar-refractivity contribution is 6.55. The number of amides is 3. The Labute approximate surface area is 862 Å². The Kier molecular flexibility index (Phi) is 31.7. The number of hydrogen-bond donors (Lipinski definition) is 3. The number of nitrogens with two attached hydrogens (primary N) is 3. The van der Waals surface area contributed by atoms with Crippen LogP contribution in [0.2, 0.25) is 70.3 Å². The Bertz CT molecular complexity index is 6780. The number of hydrogen-bond acceptors (Lipinski definition) is 21. The molecule has 3 saturated heterocycles. The SMILES string of the molecule is C=CC(=O)N1CCN(c2c(C#N)c(=O)n(-c3c(C)ccnc3C(C)C)c3nc(-c4c(Cl)c(N)c(Cl)c(Cl)c4Cl)c(Cl)cc23)C[C@H]1C.C=CC(=O)N1CCN(c2c(C#N)c(=O)n(-c3c(C)ccnc3C(C)C)c3nc(-c4c(Cl)c(N)c(Cl)c(Cl)c4Cl)c(Cl)cc23)C[C@H]1C.C=CC(=O)N1CCN(c2c(C#N)c(=O)n(-c3c(C)ccnc3C(C)C)c3nc(-c4c(F)c(N)c(Cl)c(Cl)c4Cl)c(Cl)cc23)C[C@H]1C. The molecule has 3 aromatic carbocycles. The molecule has 0 radical (unpaired) electrons. The molecule has 3 amide bonds. The van der Waals surface area contributed by atoms with E-state index in [1.807, 2.05) is 97.8 Å². The van der Waals surface area contributed by atoms with Crippen LogP contribution in [0.5, 0.6) is 0 Å². The van der Waals surface area contributed by atoms with E-state index in [1.165, 1.54) is 38.0 Å². The van der Waals surface area contributed by atoms with Gasteiger partial charge in [0.15, 0.2) is 5.82 Å². The predicted molar refractivity (Wildman–Crippen MR) is 556 cm³/mol. The fourth-order valence-corrected chi connectivity index (χ4v) is 21.1. The van der Waals surface area contributed by atoms with E-state index in [0.29, 0.717) is 126 Å². The predicted octanol–water partition coefficient (Wildman–Crippen LogP) is 23.0. The maximum absolute atomic E-state index is 15.7. The van der Waals surface area contributed by atoms with Gasteiger partial charge < -0.3 is 46.6 Å². The maximum Gasteiger partial charge on any atom is 0.276 e. The van der Waals surface area contributed by atoms with E-state index >= 15 is 4.39 Å². The zero-order valence-electron chi connectivity index (χ0n) is 75.8. The van der Waals surface area contributed by atoms with Crippen LogP contribution in [0.25, 0.3) is 83.9 Å². The normalized spacial score (nSPS) is 15.0. The van der Waals surface area contributed by atoms with Crippen molar-refractivity contribution in [3.05, 3.63) is 251 Å². The number of nitrogens with zero attached hydrogens (tertiary/aromatic N) is 18. The van der Waals surface area contributed by atoms with Crippen molar-refractivity contribution >= 4 is 247 Å². The van der Waals surface area contributed by atoms with Gasteiger partial charge in [0.25, 0.3) is 16.7 Å². The van der Waals surface area contributed by atoms with Crippen molar-refractivity contribution in [3.8, 4) is 69.0 Å². The summed E-state index contributed by atoms with van der Waals surface area (Å²) in [6.45, 7) is 36.5. The molecule has 3 aliphatic rings. The Balaban J connectivity index is 0.000000175. The molecule has 0 saturated carbocycles. The van der Waals surface area contributed by atoms with Crippen LogP contribution in [0.1, 0.15) is 131 Å². The van der Waals surface area contributed by atoms with Gasteiger partial charge in [0.05, 0.1) is 161 Å². The fourth-order valence-electron chi connectivity index (χ4n) is 17.5. The van der Waals surface area contributed by atoms with Crippen molar-refractivity contribution < 1.29 is 18.8 Å². The highest BCUT2D eigenvalue weighted by atomic mass is 35.5. The number of nitrogen functional groups attached to an aromatic ring is 3. The zero-order chi connectivity index (χ0) is 101. The number of carbonyl (C=O) groups excluding carboxylic acids is 3. The van der Waals surface area contributed by atoms with Gasteiger partial charge in [0, 0.05) is 123 Å². The molecule has 3 atom stereocenters. The minimum atomic E-state index is -0.992. The molecule has 6 N–H and O–H groups in total. The quantitative estimate of drug-likeness (QED) is 0.0371. The summed E-state index contributed by atoms with van der Waals surface area (Å²) in [5, 5.41) is 31.8. The second kappa shape index (κ2) is 41.9. The van der Waals surface area contributed by atoms with Gasteiger partial charge in [0.1, 0.15) is 51.8 Å². The summed E-state index contributed by atoms with van der Waals surface area (Å²) in [4.78, 5) is 120. The van der Waals surface area contributed by atoms with Crippen molar-refractivity contribution in [2.24, 2.45) is 0 Å². The van der Waals surface area contributed by atoms with Crippen molar-refractivity contribution in [2.45, 2.75) is 119 Å². The van der Waals surface area contributed by atoms with Crippen LogP contribution in [0, 0.1) is 60.6 Å². The van der Waals surface area contributed by atoms with Crippen LogP contribution in [-0.2, 0) is 14.4 Å². The highest BCUT2D eigenvalue weighted by Gasteiger charge is 2.40. The molecule has 138 heavy (non-hydrogen) atoms. The van der Waals surface area contributed by atoms with Gasteiger partial charge in [-0.1, -0.05) is 224 Å². The number of aromatic nitrogens is 9. The lowest BCUT2D eigenvalue weighted by Crippen LogP contribution is -2.54. The van der Waals surface area contributed by atoms with E-state index in [4.69, 9.17) is 195 Å². The van der Waals surface area contributed by atoms with Gasteiger partial charge in [-0.3, -0.25) is 57.4 Å². The number of carbonyl (C=O) groups is 3. The average molecular weight is 2140 g/mol. The molecular formula is C96H84Cl14FN21O6. The monoisotopic (exact) mass is 2140 g/mol. The first kappa shape index (κ1) is 104. The summed E-state index contributed by atoms with van der Waals surface area (Å²) < 4.78 is 19.8. The molecule has 0 bridgehead atoms. The van der Waals surface area contributed by atoms with Crippen molar-refractivity contribution in [1.29, 1.82) is 15.8 Å². The van der Waals surface area contributed by atoms with E-state index in [9.17, 15) is 44.6 Å². The van der Waals surface area contributed by atoms with E-state index in [2.05, 4.69) is 52.9 Å². The first-order valence-electron chi connectivity index (χ1n) is 42.6. The summed E-state index contributed by atoms with van der Waals surface area (Å²) in [5.74, 6) is -1.95. The third-order valence-corrected chi connectivity index (χ3v) is 29.8. The molecule has 12 heterocycles. The molecular weight excluding hydrogens is 2060 g/mol. The van der Waals surface area contributed by atoms with Crippen LogP contribution in [0.4, 0.5) is 38.5 Å². The fraction of sp³-hybridized carbons (Fsp3) is 0.281. The third-order valence-electron chi connectivity index (χ3n) is 24.1. The van der Waals surface area contributed by atoms with Crippen molar-refractivity contribution in [2.75, 3.05) is 90.8 Å². The Morgan fingerprint density at radius 2 is 0.652 bits per heavy atom. The third kappa shape index (κ3) is 18.6. The summed E-state index contributed by atoms with van der Waals surface area (Å²) in [6, 6.07) is 15.6. The van der Waals surface area contributed by atoms with E-state index < -0.39 is 28.2 Å². The lowest BCUT2D eigenvalue weighted by molar-refractivity contribution is -0.129. The van der Waals surface area contributed by atoms with Crippen LogP contribution in [0.3, 0.4) is 0 Å². The summed E-state index contributed by atoms with van der Waals surface area (Å²) in [6.07, 6.45) is 8.75. The summed E-state index contributed by atoms with van der Waals surface area (Å²) >= 11 is 91.6. The molecule has 12 aromatic rings. The number of nitriles is 3. The van der Waals surface area contributed by atoms with Crippen LogP contribution < -0.4 is 48.6 Å². The first-order chi connectivity index (χ1) is 65.2. The average Bonchev–Trinajstić information content (AvgIpc) is 0.726. The summed E-state index contributed by atoms with van der Waals surface area (Å²) in [7, 11) is 0. The maximum atomic E-state index is 15.7. The second-order valence-electron chi connectivity index (χ2n) is 33.8. The minimum Gasteiger partial charge on any atom is -0.396 e. The van der Waals surface area contributed by atoms with Gasteiger partial charge in [-0.05, 0) is 131 Å². The molecule has 0 spiro atoms. The van der Waals surface area contributed by atoms with Gasteiger partial charge >= 0.3 is 0 Å². The van der Waals surface area contributed by atoms with E-state index in [-0.39, 0.29) is 208 Å². The second-order valence-corrected chi connectivity index (χ2v) is 39.2. The van der Waals surface area contributed by atoms with E-state index in [1.54, 1.807) is 63.6 Å². The largest absolute Gasteiger partial charge is 0.396 e. The topological polar surface area (TPSA) is 363 Å². The van der Waals surface area contributed by atoms with Crippen LogP contribution >= 0.6 is 162 Å². The van der Waals surface area contributed by atoms with Crippen molar-refractivity contribution in [3.63, 3.8) is 0 Å². The molecule has 3 fully saturated rings.